The molecule has 7 nitrogen and oxygen atoms in total. The summed E-state index contributed by atoms with van der Waals surface area (Å²) in [7, 11) is 0. The molecule has 0 atom stereocenters. The van der Waals surface area contributed by atoms with Crippen molar-refractivity contribution in [1.29, 1.82) is 0 Å². The van der Waals surface area contributed by atoms with E-state index in [-0.39, 0.29) is 18.7 Å². The van der Waals surface area contributed by atoms with Crippen LogP contribution in [-0.2, 0) is 14.3 Å². The second-order valence-corrected chi connectivity index (χ2v) is 8.34. The van der Waals surface area contributed by atoms with Crippen LogP contribution in [0.5, 0.6) is 0 Å². The van der Waals surface area contributed by atoms with E-state index in [4.69, 9.17) is 9.84 Å². The van der Waals surface area contributed by atoms with E-state index in [1.54, 1.807) is 34.6 Å². The molecule has 0 aromatic rings. The summed E-state index contributed by atoms with van der Waals surface area (Å²) >= 11 is 0. The number of hydrogen-bond acceptors (Lipinski definition) is 4. The molecule has 0 aliphatic carbocycles. The predicted molar refractivity (Wildman–Crippen MR) is 91.8 cm³/mol. The Hall–Kier alpha value is -1.79. The van der Waals surface area contributed by atoms with E-state index in [9.17, 15) is 14.4 Å². The number of alkyl carbamates (subject to hydrolysis) is 1. The Bertz CT molecular complexity index is 464. The molecule has 0 spiro atoms. The number of ether oxygens (including phenoxy) is 1. The third-order valence-corrected chi connectivity index (χ3v) is 3.26. The summed E-state index contributed by atoms with van der Waals surface area (Å²) in [6.45, 7) is 12.6. The quantitative estimate of drug-likeness (QED) is 0.628. The lowest BCUT2D eigenvalue weighted by molar-refractivity contribution is -0.137. The highest BCUT2D eigenvalue weighted by Crippen LogP contribution is 2.16. The summed E-state index contributed by atoms with van der Waals surface area (Å²) in [4.78, 5) is 34.5. The monoisotopic (exact) mass is 344 g/mol. The number of hydrogen-bond donors (Lipinski definition) is 3. The number of carbonyl (C=O) groups is 3. The van der Waals surface area contributed by atoms with Crippen LogP contribution in [0.25, 0.3) is 0 Å². The van der Waals surface area contributed by atoms with Crippen molar-refractivity contribution in [2.24, 2.45) is 0 Å². The number of nitrogens with one attached hydrogen (secondary N) is 2. The zero-order chi connectivity index (χ0) is 19.2. The van der Waals surface area contributed by atoms with Crippen LogP contribution >= 0.6 is 0 Å². The molecule has 0 aliphatic heterocycles. The minimum absolute atomic E-state index is 0.00102. The number of carboxylic acid groups (broad SMARTS) is 1. The first-order valence-corrected chi connectivity index (χ1v) is 8.16. The second-order valence-electron chi connectivity index (χ2n) is 8.34. The maximum absolute atomic E-state index is 12.1. The number of carbonyl (C=O) groups excluding carboxylic acids is 2. The highest BCUT2D eigenvalue weighted by Gasteiger charge is 2.27. The summed E-state index contributed by atoms with van der Waals surface area (Å²) < 4.78 is 5.21. The van der Waals surface area contributed by atoms with Gasteiger partial charge in [0.15, 0.2) is 0 Å². The van der Waals surface area contributed by atoms with Gasteiger partial charge >= 0.3 is 12.1 Å². The van der Waals surface area contributed by atoms with Gasteiger partial charge in [-0.3, -0.25) is 9.59 Å². The lowest BCUT2D eigenvalue weighted by atomic mass is 9.95. The van der Waals surface area contributed by atoms with Crippen molar-refractivity contribution < 1.29 is 24.2 Å². The van der Waals surface area contributed by atoms with Gasteiger partial charge in [-0.1, -0.05) is 0 Å². The van der Waals surface area contributed by atoms with Gasteiger partial charge in [0, 0.05) is 23.9 Å². The zero-order valence-corrected chi connectivity index (χ0v) is 15.9. The molecule has 2 amide bonds. The SMILES string of the molecule is CC(C)(CCC(=O)O)NC(=O)CCC(C)(C)NC(=O)OC(C)(C)C. The average Bonchev–Trinajstić information content (AvgIpc) is 2.30. The third kappa shape index (κ3) is 11.7. The van der Waals surface area contributed by atoms with Gasteiger partial charge in [0.05, 0.1) is 0 Å². The van der Waals surface area contributed by atoms with Gasteiger partial charge in [0.2, 0.25) is 5.91 Å². The summed E-state index contributed by atoms with van der Waals surface area (Å²) in [6, 6.07) is 0. The van der Waals surface area contributed by atoms with Crippen molar-refractivity contribution in [3.05, 3.63) is 0 Å². The molecule has 7 heteroatoms. The predicted octanol–water partition coefficient (Wildman–Crippen LogP) is 2.83. The molecule has 0 saturated carbocycles. The molecule has 0 unspecified atom stereocenters. The van der Waals surface area contributed by atoms with Crippen LogP contribution in [0.15, 0.2) is 0 Å². The van der Waals surface area contributed by atoms with Crippen molar-refractivity contribution in [2.45, 2.75) is 90.8 Å². The number of aliphatic carboxylic acids is 1. The number of amides is 2. The van der Waals surface area contributed by atoms with Crippen molar-refractivity contribution in [2.75, 3.05) is 0 Å². The molecular formula is C17H32N2O5. The molecule has 0 aliphatic rings. The fraction of sp³-hybridized carbons (Fsp3) is 0.824. The van der Waals surface area contributed by atoms with Crippen LogP contribution in [-0.4, -0.2) is 39.8 Å². The lowest BCUT2D eigenvalue weighted by Gasteiger charge is -2.30. The van der Waals surface area contributed by atoms with Gasteiger partial charge in [0.1, 0.15) is 5.60 Å². The van der Waals surface area contributed by atoms with E-state index in [1.807, 2.05) is 13.8 Å². The van der Waals surface area contributed by atoms with Gasteiger partial charge in [-0.05, 0) is 61.3 Å². The van der Waals surface area contributed by atoms with E-state index in [0.29, 0.717) is 12.8 Å². The van der Waals surface area contributed by atoms with Crippen molar-refractivity contribution >= 4 is 18.0 Å². The van der Waals surface area contributed by atoms with Crippen molar-refractivity contribution in [1.82, 2.24) is 10.6 Å². The molecule has 140 valence electrons. The molecule has 0 rings (SSSR count). The van der Waals surface area contributed by atoms with Crippen LogP contribution in [0.3, 0.4) is 0 Å². The molecule has 0 aromatic heterocycles. The highest BCUT2D eigenvalue weighted by atomic mass is 16.6. The fourth-order valence-corrected chi connectivity index (χ4v) is 1.99. The van der Waals surface area contributed by atoms with E-state index in [0.717, 1.165) is 0 Å². The number of carboxylic acids is 1. The molecule has 0 bridgehead atoms. The minimum atomic E-state index is -0.889. The van der Waals surface area contributed by atoms with E-state index in [1.165, 1.54) is 0 Å². The molecule has 0 heterocycles. The first kappa shape index (κ1) is 22.2. The van der Waals surface area contributed by atoms with Crippen molar-refractivity contribution in [3.63, 3.8) is 0 Å². The zero-order valence-electron chi connectivity index (χ0n) is 15.9. The third-order valence-electron chi connectivity index (χ3n) is 3.26. The molecule has 0 fully saturated rings. The minimum Gasteiger partial charge on any atom is -0.481 e. The standard InChI is InChI=1S/C17H32N2O5/c1-15(2,3)24-14(23)19-17(6,7)10-8-12(20)18-16(4,5)11-9-13(21)22/h8-11H2,1-7H3,(H,18,20)(H,19,23)(H,21,22). The molecule has 0 saturated heterocycles. The Morgan fingerprint density at radius 3 is 1.75 bits per heavy atom. The molecule has 3 N–H and O–H groups in total. The lowest BCUT2D eigenvalue weighted by Crippen LogP contribution is -2.48. The molecule has 0 aromatic carbocycles. The normalized spacial score (nSPS) is 12.5. The largest absolute Gasteiger partial charge is 0.481 e. The first-order valence-electron chi connectivity index (χ1n) is 8.16. The number of rotatable bonds is 8. The summed E-state index contributed by atoms with van der Waals surface area (Å²) in [5.41, 5.74) is -1.76. The fourth-order valence-electron chi connectivity index (χ4n) is 1.99. The maximum Gasteiger partial charge on any atom is 0.408 e. The Morgan fingerprint density at radius 2 is 1.29 bits per heavy atom. The van der Waals surface area contributed by atoms with E-state index >= 15 is 0 Å². The topological polar surface area (TPSA) is 105 Å². The van der Waals surface area contributed by atoms with Crippen LogP contribution in [0.2, 0.25) is 0 Å². The van der Waals surface area contributed by atoms with Gasteiger partial charge in [0.25, 0.3) is 0 Å². The summed E-state index contributed by atoms with van der Waals surface area (Å²) in [5.74, 6) is -1.07. The summed E-state index contributed by atoms with van der Waals surface area (Å²) in [5, 5.41) is 14.3. The highest BCUT2D eigenvalue weighted by molar-refractivity contribution is 5.77. The van der Waals surface area contributed by atoms with Gasteiger partial charge in [-0.25, -0.2) is 4.79 Å². The van der Waals surface area contributed by atoms with Crippen LogP contribution in [0.4, 0.5) is 4.79 Å². The second kappa shape index (κ2) is 8.35. The van der Waals surface area contributed by atoms with Gasteiger partial charge < -0.3 is 20.5 Å². The van der Waals surface area contributed by atoms with E-state index < -0.39 is 28.7 Å². The Kier molecular flexibility index (Phi) is 7.73. The van der Waals surface area contributed by atoms with Crippen LogP contribution in [0, 0.1) is 0 Å². The summed E-state index contributed by atoms with van der Waals surface area (Å²) in [6.07, 6.45) is 0.494. The first-order chi connectivity index (χ1) is 10.6. The van der Waals surface area contributed by atoms with Gasteiger partial charge in [-0.15, -0.1) is 0 Å². The smallest absolute Gasteiger partial charge is 0.408 e. The Balaban J connectivity index is 4.37. The molecule has 24 heavy (non-hydrogen) atoms. The van der Waals surface area contributed by atoms with Crippen LogP contribution in [0.1, 0.15) is 74.1 Å². The Labute approximate surface area is 144 Å². The molecule has 0 radical (unpaired) electrons. The maximum atomic E-state index is 12.1. The van der Waals surface area contributed by atoms with Crippen molar-refractivity contribution in [3.8, 4) is 0 Å². The average molecular weight is 344 g/mol. The molecular weight excluding hydrogens is 312 g/mol. The van der Waals surface area contributed by atoms with E-state index in [2.05, 4.69) is 10.6 Å². The van der Waals surface area contributed by atoms with Gasteiger partial charge in [-0.2, -0.15) is 0 Å². The van der Waals surface area contributed by atoms with Crippen LogP contribution < -0.4 is 10.6 Å². The Morgan fingerprint density at radius 1 is 0.833 bits per heavy atom.